The molecule has 9 heteroatoms. The van der Waals surface area contributed by atoms with Crippen molar-refractivity contribution >= 4 is 26.0 Å². The zero-order valence-electron chi connectivity index (χ0n) is 11.3. The Bertz CT molecular complexity index is 576. The second-order valence-electron chi connectivity index (χ2n) is 4.31. The first kappa shape index (κ1) is 18.4. The molecule has 120 valence electrons. The SMILES string of the molecule is CCNCc1ccc(Br)c(S(=O)(=O)NCCC(F)(F)F)c1. The van der Waals surface area contributed by atoms with Crippen LogP contribution in [0, 0.1) is 0 Å². The van der Waals surface area contributed by atoms with Gasteiger partial charge < -0.3 is 5.32 Å². The van der Waals surface area contributed by atoms with Crippen LogP contribution in [0.1, 0.15) is 18.9 Å². The zero-order chi connectivity index (χ0) is 16.1. The molecule has 0 atom stereocenters. The van der Waals surface area contributed by atoms with Gasteiger partial charge in [-0.15, -0.1) is 0 Å². The lowest BCUT2D eigenvalue weighted by molar-refractivity contribution is -0.132. The molecule has 1 rings (SSSR count). The van der Waals surface area contributed by atoms with Crippen LogP contribution in [0.25, 0.3) is 0 Å². The maximum absolute atomic E-state index is 12.1. The summed E-state index contributed by atoms with van der Waals surface area (Å²) in [5.74, 6) is 0. The number of hydrogen-bond donors (Lipinski definition) is 2. The molecule has 0 amide bonds. The minimum atomic E-state index is -4.40. The molecule has 0 aliphatic heterocycles. The minimum absolute atomic E-state index is 0.0694. The average molecular weight is 389 g/mol. The Balaban J connectivity index is 2.86. The number of sulfonamides is 1. The Labute approximate surface area is 130 Å². The van der Waals surface area contributed by atoms with Gasteiger partial charge in [0.15, 0.2) is 0 Å². The topological polar surface area (TPSA) is 58.2 Å². The number of benzene rings is 1. The maximum atomic E-state index is 12.1. The number of alkyl halides is 3. The van der Waals surface area contributed by atoms with Crippen LogP contribution >= 0.6 is 15.9 Å². The van der Waals surface area contributed by atoms with Crippen LogP contribution in [0.2, 0.25) is 0 Å². The molecule has 0 saturated heterocycles. The van der Waals surface area contributed by atoms with Crippen LogP contribution < -0.4 is 10.0 Å². The van der Waals surface area contributed by atoms with Gasteiger partial charge in [0.05, 0.1) is 11.3 Å². The summed E-state index contributed by atoms with van der Waals surface area (Å²) in [6, 6.07) is 4.73. The van der Waals surface area contributed by atoms with E-state index >= 15 is 0 Å². The summed E-state index contributed by atoms with van der Waals surface area (Å²) in [4.78, 5) is -0.0694. The summed E-state index contributed by atoms with van der Waals surface area (Å²) in [7, 11) is -3.99. The molecule has 21 heavy (non-hydrogen) atoms. The van der Waals surface area contributed by atoms with Gasteiger partial charge in [-0.05, 0) is 40.2 Å². The second kappa shape index (κ2) is 7.57. The molecule has 1 aromatic carbocycles. The smallest absolute Gasteiger partial charge is 0.313 e. The molecule has 4 nitrogen and oxygen atoms in total. The fraction of sp³-hybridized carbons (Fsp3) is 0.500. The highest BCUT2D eigenvalue weighted by atomic mass is 79.9. The Morgan fingerprint density at radius 3 is 2.52 bits per heavy atom. The second-order valence-corrected chi connectivity index (χ2v) is 6.90. The van der Waals surface area contributed by atoms with Gasteiger partial charge in [-0.2, -0.15) is 13.2 Å². The summed E-state index contributed by atoms with van der Waals surface area (Å²) in [6.07, 6.45) is -5.60. The van der Waals surface area contributed by atoms with E-state index in [1.54, 1.807) is 12.1 Å². The molecular formula is C12H16BrF3N2O2S. The molecular weight excluding hydrogens is 373 g/mol. The molecule has 0 radical (unpaired) electrons. The third-order valence-electron chi connectivity index (χ3n) is 2.56. The maximum Gasteiger partial charge on any atom is 0.390 e. The van der Waals surface area contributed by atoms with E-state index in [4.69, 9.17) is 0 Å². The lowest BCUT2D eigenvalue weighted by Gasteiger charge is -2.11. The first-order valence-electron chi connectivity index (χ1n) is 6.21. The standard InChI is InChI=1S/C12H16BrF3N2O2S/c1-2-17-8-9-3-4-10(13)11(7-9)21(19,20)18-6-5-12(14,15)16/h3-4,7,17-18H,2,5-6,8H2,1H3. The van der Waals surface area contributed by atoms with Crippen molar-refractivity contribution < 1.29 is 21.6 Å². The Hall–Kier alpha value is -0.640. The number of hydrogen-bond acceptors (Lipinski definition) is 3. The van der Waals surface area contributed by atoms with Gasteiger partial charge in [0.1, 0.15) is 0 Å². The van der Waals surface area contributed by atoms with Gasteiger partial charge in [0.25, 0.3) is 0 Å². The average Bonchev–Trinajstić information content (AvgIpc) is 2.35. The van der Waals surface area contributed by atoms with Gasteiger partial charge in [0, 0.05) is 17.6 Å². The van der Waals surface area contributed by atoms with E-state index < -0.39 is 29.2 Å². The molecule has 0 fully saturated rings. The van der Waals surface area contributed by atoms with Crippen molar-refractivity contribution in [2.45, 2.75) is 31.0 Å². The van der Waals surface area contributed by atoms with Crippen molar-refractivity contribution in [3.8, 4) is 0 Å². The van der Waals surface area contributed by atoms with E-state index in [0.29, 0.717) is 11.0 Å². The Kier molecular flexibility index (Phi) is 6.64. The van der Waals surface area contributed by atoms with Crippen molar-refractivity contribution in [3.63, 3.8) is 0 Å². The third-order valence-corrected chi connectivity index (χ3v) is 5.02. The minimum Gasteiger partial charge on any atom is -0.313 e. The van der Waals surface area contributed by atoms with E-state index in [0.717, 1.165) is 12.1 Å². The van der Waals surface area contributed by atoms with E-state index in [1.165, 1.54) is 6.07 Å². The van der Waals surface area contributed by atoms with Crippen molar-refractivity contribution in [2.75, 3.05) is 13.1 Å². The quantitative estimate of drug-likeness (QED) is 0.754. The summed E-state index contributed by atoms with van der Waals surface area (Å²) in [6.45, 7) is 2.43. The number of nitrogens with one attached hydrogen (secondary N) is 2. The normalized spacial score (nSPS) is 12.6. The molecule has 0 unspecified atom stereocenters. The molecule has 0 bridgehead atoms. The molecule has 0 heterocycles. The molecule has 0 saturated carbocycles. The van der Waals surface area contributed by atoms with Crippen molar-refractivity contribution in [2.24, 2.45) is 0 Å². The van der Waals surface area contributed by atoms with Gasteiger partial charge >= 0.3 is 6.18 Å². The Morgan fingerprint density at radius 2 is 1.95 bits per heavy atom. The van der Waals surface area contributed by atoms with Crippen LogP contribution in [-0.4, -0.2) is 27.7 Å². The van der Waals surface area contributed by atoms with Crippen LogP contribution in [0.4, 0.5) is 13.2 Å². The predicted molar refractivity (Wildman–Crippen MR) is 77.4 cm³/mol. The molecule has 2 N–H and O–H groups in total. The fourth-order valence-electron chi connectivity index (χ4n) is 1.54. The summed E-state index contributed by atoms with van der Waals surface area (Å²) >= 11 is 3.10. The molecule has 0 spiro atoms. The highest BCUT2D eigenvalue weighted by Gasteiger charge is 2.28. The predicted octanol–water partition coefficient (Wildman–Crippen LogP) is 2.79. The van der Waals surface area contributed by atoms with Crippen LogP contribution in [0.5, 0.6) is 0 Å². The van der Waals surface area contributed by atoms with E-state index in [-0.39, 0.29) is 4.90 Å². The lowest BCUT2D eigenvalue weighted by Crippen LogP contribution is -2.28. The van der Waals surface area contributed by atoms with Crippen LogP contribution in [0.15, 0.2) is 27.6 Å². The lowest BCUT2D eigenvalue weighted by atomic mass is 10.2. The van der Waals surface area contributed by atoms with Gasteiger partial charge in [-0.1, -0.05) is 13.0 Å². The number of halogens is 4. The number of rotatable bonds is 7. The molecule has 0 aliphatic rings. The molecule has 0 aromatic heterocycles. The van der Waals surface area contributed by atoms with E-state index in [9.17, 15) is 21.6 Å². The summed E-state index contributed by atoms with van der Waals surface area (Å²) in [5, 5.41) is 3.05. The van der Waals surface area contributed by atoms with Crippen molar-refractivity contribution in [1.29, 1.82) is 0 Å². The highest BCUT2D eigenvalue weighted by Crippen LogP contribution is 2.24. The third kappa shape index (κ3) is 6.33. The molecule has 1 aromatic rings. The zero-order valence-corrected chi connectivity index (χ0v) is 13.7. The van der Waals surface area contributed by atoms with Gasteiger partial charge in [-0.25, -0.2) is 13.1 Å². The van der Waals surface area contributed by atoms with Gasteiger partial charge in [-0.3, -0.25) is 0 Å². The first-order chi connectivity index (χ1) is 9.65. The highest BCUT2D eigenvalue weighted by molar-refractivity contribution is 9.10. The van der Waals surface area contributed by atoms with Gasteiger partial charge in [0.2, 0.25) is 10.0 Å². The van der Waals surface area contributed by atoms with E-state index in [1.807, 2.05) is 11.6 Å². The van der Waals surface area contributed by atoms with Crippen molar-refractivity contribution in [1.82, 2.24) is 10.0 Å². The van der Waals surface area contributed by atoms with Crippen LogP contribution in [-0.2, 0) is 16.6 Å². The Morgan fingerprint density at radius 1 is 1.29 bits per heavy atom. The van der Waals surface area contributed by atoms with E-state index in [2.05, 4.69) is 21.2 Å². The van der Waals surface area contributed by atoms with Crippen molar-refractivity contribution in [3.05, 3.63) is 28.2 Å². The summed E-state index contributed by atoms with van der Waals surface area (Å²) in [5.41, 5.74) is 0.733. The van der Waals surface area contributed by atoms with Crippen LogP contribution in [0.3, 0.4) is 0 Å². The first-order valence-corrected chi connectivity index (χ1v) is 8.49. The molecule has 0 aliphatic carbocycles. The largest absolute Gasteiger partial charge is 0.390 e. The monoisotopic (exact) mass is 388 g/mol. The fourth-order valence-corrected chi connectivity index (χ4v) is 3.58. The summed E-state index contributed by atoms with van der Waals surface area (Å²) < 4.78 is 62.5.